The maximum absolute atomic E-state index is 12.4. The molecule has 1 aromatic heterocycles. The van der Waals surface area contributed by atoms with Gasteiger partial charge in [-0.05, 0) is 23.8 Å². The summed E-state index contributed by atoms with van der Waals surface area (Å²) in [5.41, 5.74) is 0.204. The predicted octanol–water partition coefficient (Wildman–Crippen LogP) is 2.28. The summed E-state index contributed by atoms with van der Waals surface area (Å²) in [7, 11) is 0. The SMILES string of the molecule is O=c1c(-c2ccc(O)c(O)c2)coc2cc(O)c(O)cc12. The van der Waals surface area contributed by atoms with Crippen LogP contribution in [0, 0.1) is 0 Å². The fraction of sp³-hybridized carbons (Fsp3) is 0. The largest absolute Gasteiger partial charge is 0.504 e. The van der Waals surface area contributed by atoms with Crippen LogP contribution in [0.15, 0.2) is 45.8 Å². The van der Waals surface area contributed by atoms with Crippen molar-refractivity contribution in [2.75, 3.05) is 0 Å². The quantitative estimate of drug-likeness (QED) is 0.511. The molecule has 0 unspecified atom stereocenters. The Kier molecular flexibility index (Phi) is 2.72. The lowest BCUT2D eigenvalue weighted by Gasteiger charge is -2.05. The fourth-order valence-electron chi connectivity index (χ4n) is 2.04. The van der Waals surface area contributed by atoms with Crippen molar-refractivity contribution in [2.24, 2.45) is 0 Å². The van der Waals surface area contributed by atoms with Crippen LogP contribution in [0.25, 0.3) is 22.1 Å². The highest BCUT2D eigenvalue weighted by atomic mass is 16.3. The number of aromatic hydroxyl groups is 4. The average molecular weight is 286 g/mol. The van der Waals surface area contributed by atoms with E-state index < -0.39 is 11.2 Å². The lowest BCUT2D eigenvalue weighted by atomic mass is 10.0. The Morgan fingerprint density at radius 3 is 2.19 bits per heavy atom. The van der Waals surface area contributed by atoms with Crippen molar-refractivity contribution in [1.82, 2.24) is 0 Å². The summed E-state index contributed by atoms with van der Waals surface area (Å²) in [4.78, 5) is 12.4. The van der Waals surface area contributed by atoms with Crippen LogP contribution < -0.4 is 5.43 Å². The van der Waals surface area contributed by atoms with Gasteiger partial charge in [0.05, 0.1) is 10.9 Å². The maximum Gasteiger partial charge on any atom is 0.200 e. The van der Waals surface area contributed by atoms with Crippen molar-refractivity contribution in [3.8, 4) is 34.1 Å². The van der Waals surface area contributed by atoms with Crippen molar-refractivity contribution in [2.45, 2.75) is 0 Å². The molecule has 0 radical (unpaired) electrons. The Labute approximate surface area is 117 Å². The van der Waals surface area contributed by atoms with E-state index in [1.54, 1.807) is 0 Å². The minimum Gasteiger partial charge on any atom is -0.504 e. The summed E-state index contributed by atoms with van der Waals surface area (Å²) < 4.78 is 5.27. The molecule has 3 aromatic rings. The zero-order chi connectivity index (χ0) is 15.1. The van der Waals surface area contributed by atoms with Crippen LogP contribution in [0.4, 0.5) is 0 Å². The first kappa shape index (κ1) is 12.9. The second-order valence-corrected chi connectivity index (χ2v) is 4.52. The number of benzene rings is 2. The number of phenols is 4. The van der Waals surface area contributed by atoms with Gasteiger partial charge in [-0.2, -0.15) is 0 Å². The Bertz CT molecular complexity index is 910. The van der Waals surface area contributed by atoms with E-state index in [4.69, 9.17) is 4.42 Å². The van der Waals surface area contributed by atoms with Gasteiger partial charge in [-0.25, -0.2) is 0 Å². The topological polar surface area (TPSA) is 111 Å². The normalized spacial score (nSPS) is 10.9. The van der Waals surface area contributed by atoms with Crippen LogP contribution in [0.5, 0.6) is 23.0 Å². The molecule has 2 aromatic carbocycles. The van der Waals surface area contributed by atoms with Crippen molar-refractivity contribution in [3.63, 3.8) is 0 Å². The molecule has 6 heteroatoms. The summed E-state index contributed by atoms with van der Waals surface area (Å²) in [6.07, 6.45) is 1.19. The molecule has 0 saturated carbocycles. The predicted molar refractivity (Wildman–Crippen MR) is 74.6 cm³/mol. The number of rotatable bonds is 1. The molecule has 21 heavy (non-hydrogen) atoms. The summed E-state index contributed by atoms with van der Waals surface area (Å²) in [5.74, 6) is -1.48. The Balaban J connectivity index is 2.29. The third-order valence-electron chi connectivity index (χ3n) is 3.16. The molecule has 1 heterocycles. The van der Waals surface area contributed by atoms with Gasteiger partial charge < -0.3 is 24.8 Å². The van der Waals surface area contributed by atoms with E-state index >= 15 is 0 Å². The first-order valence-corrected chi connectivity index (χ1v) is 5.97. The van der Waals surface area contributed by atoms with Gasteiger partial charge in [-0.3, -0.25) is 4.79 Å². The lowest BCUT2D eigenvalue weighted by molar-refractivity contribution is 0.403. The molecule has 0 aliphatic rings. The minimum atomic E-state index is -0.434. The summed E-state index contributed by atoms with van der Waals surface area (Å²) in [5, 5.41) is 37.7. The Morgan fingerprint density at radius 2 is 1.48 bits per heavy atom. The van der Waals surface area contributed by atoms with E-state index in [1.165, 1.54) is 24.5 Å². The third-order valence-corrected chi connectivity index (χ3v) is 3.16. The minimum absolute atomic E-state index is 0.0929. The zero-order valence-electron chi connectivity index (χ0n) is 10.6. The Morgan fingerprint density at radius 1 is 0.810 bits per heavy atom. The second-order valence-electron chi connectivity index (χ2n) is 4.52. The monoisotopic (exact) mass is 286 g/mol. The molecule has 0 fully saturated rings. The molecular weight excluding hydrogens is 276 g/mol. The van der Waals surface area contributed by atoms with E-state index in [1.807, 2.05) is 0 Å². The number of hydrogen-bond acceptors (Lipinski definition) is 6. The zero-order valence-corrected chi connectivity index (χ0v) is 10.6. The Hall–Kier alpha value is -3.15. The van der Waals surface area contributed by atoms with Crippen molar-refractivity contribution in [1.29, 1.82) is 0 Å². The van der Waals surface area contributed by atoms with Crippen LogP contribution in [0.3, 0.4) is 0 Å². The van der Waals surface area contributed by atoms with Gasteiger partial charge in [0, 0.05) is 6.07 Å². The molecule has 0 aliphatic heterocycles. The van der Waals surface area contributed by atoms with Crippen molar-refractivity contribution >= 4 is 11.0 Å². The van der Waals surface area contributed by atoms with E-state index in [9.17, 15) is 25.2 Å². The molecule has 4 N–H and O–H groups in total. The van der Waals surface area contributed by atoms with Crippen molar-refractivity contribution in [3.05, 3.63) is 46.8 Å². The highest BCUT2D eigenvalue weighted by molar-refractivity contribution is 5.84. The van der Waals surface area contributed by atoms with Crippen molar-refractivity contribution < 1.29 is 24.8 Å². The number of phenolic OH excluding ortho intramolecular Hbond substituents is 4. The lowest BCUT2D eigenvalue weighted by Crippen LogP contribution is -2.04. The van der Waals surface area contributed by atoms with Crippen LogP contribution >= 0.6 is 0 Å². The van der Waals surface area contributed by atoms with E-state index in [0.717, 1.165) is 12.1 Å². The number of hydrogen-bond donors (Lipinski definition) is 4. The molecule has 0 bridgehead atoms. The second kappa shape index (κ2) is 4.45. The summed E-state index contributed by atoms with van der Waals surface area (Å²) in [6.45, 7) is 0. The summed E-state index contributed by atoms with van der Waals surface area (Å²) in [6, 6.07) is 6.19. The molecular formula is C15H10O6. The van der Waals surface area contributed by atoms with Gasteiger partial charge in [0.25, 0.3) is 0 Å². The first-order valence-electron chi connectivity index (χ1n) is 5.97. The van der Waals surface area contributed by atoms with Gasteiger partial charge in [-0.1, -0.05) is 6.07 Å². The molecule has 3 rings (SSSR count). The molecule has 6 nitrogen and oxygen atoms in total. The van der Waals surface area contributed by atoms with E-state index in [-0.39, 0.29) is 33.8 Å². The van der Waals surface area contributed by atoms with Crippen LogP contribution in [0.2, 0.25) is 0 Å². The average Bonchev–Trinajstić information content (AvgIpc) is 2.45. The highest BCUT2D eigenvalue weighted by Crippen LogP contribution is 2.32. The van der Waals surface area contributed by atoms with Crippen LogP contribution in [-0.2, 0) is 0 Å². The molecule has 0 amide bonds. The maximum atomic E-state index is 12.4. The van der Waals surface area contributed by atoms with Crippen LogP contribution in [-0.4, -0.2) is 20.4 Å². The van der Waals surface area contributed by atoms with E-state index in [2.05, 4.69) is 0 Å². The smallest absolute Gasteiger partial charge is 0.200 e. The molecule has 0 spiro atoms. The summed E-state index contributed by atoms with van der Waals surface area (Å²) >= 11 is 0. The van der Waals surface area contributed by atoms with Gasteiger partial charge in [-0.15, -0.1) is 0 Å². The van der Waals surface area contributed by atoms with Gasteiger partial charge in [0.15, 0.2) is 23.0 Å². The van der Waals surface area contributed by atoms with Gasteiger partial charge in [0.1, 0.15) is 11.8 Å². The van der Waals surface area contributed by atoms with Gasteiger partial charge in [0.2, 0.25) is 5.43 Å². The molecule has 0 atom stereocenters. The third kappa shape index (κ3) is 2.02. The number of fused-ring (bicyclic) bond motifs is 1. The molecule has 0 saturated heterocycles. The van der Waals surface area contributed by atoms with E-state index in [0.29, 0.717) is 5.56 Å². The van der Waals surface area contributed by atoms with Gasteiger partial charge >= 0.3 is 0 Å². The molecule has 106 valence electrons. The fourth-order valence-corrected chi connectivity index (χ4v) is 2.04. The molecule has 0 aliphatic carbocycles. The highest BCUT2D eigenvalue weighted by Gasteiger charge is 2.13. The standard InChI is InChI=1S/C15H10O6/c16-10-2-1-7(3-11(10)17)9-6-21-14-5-13(19)12(18)4-8(14)15(9)20/h1-6,16-19H. The first-order chi connectivity index (χ1) is 9.97. The van der Waals surface area contributed by atoms with Crippen LogP contribution in [0.1, 0.15) is 0 Å².